The van der Waals surface area contributed by atoms with Crippen molar-refractivity contribution >= 4 is 5.96 Å². The lowest BCUT2D eigenvalue weighted by atomic mass is 9.68. The van der Waals surface area contributed by atoms with Crippen molar-refractivity contribution in [3.63, 3.8) is 0 Å². The van der Waals surface area contributed by atoms with Crippen LogP contribution in [0.1, 0.15) is 38.2 Å². The minimum atomic E-state index is -0.572. The summed E-state index contributed by atoms with van der Waals surface area (Å²) in [6.07, 6.45) is 4.80. The molecule has 0 bridgehead atoms. The average Bonchev–Trinajstić information content (AvgIpc) is 3.05. The zero-order valence-electron chi connectivity index (χ0n) is 15.3. The van der Waals surface area contributed by atoms with E-state index in [1.807, 2.05) is 30.3 Å². The molecule has 1 saturated carbocycles. The lowest BCUT2D eigenvalue weighted by molar-refractivity contribution is 0.0330. The van der Waals surface area contributed by atoms with Crippen LogP contribution in [0.25, 0.3) is 0 Å². The molecule has 1 atom stereocenters. The van der Waals surface area contributed by atoms with Gasteiger partial charge in [-0.1, -0.05) is 36.8 Å². The van der Waals surface area contributed by atoms with Gasteiger partial charge in [0, 0.05) is 19.6 Å². The largest absolute Gasteiger partial charge is 0.389 e. The normalized spacial score (nSPS) is 20.6. The molecule has 2 aliphatic rings. The molecule has 1 aliphatic heterocycles. The third-order valence-corrected chi connectivity index (χ3v) is 5.36. The highest BCUT2D eigenvalue weighted by Gasteiger charge is 2.43. The van der Waals surface area contributed by atoms with E-state index >= 15 is 0 Å². The summed E-state index contributed by atoms with van der Waals surface area (Å²) in [5.41, 5.74) is 1.67. The number of aliphatic hydroxyl groups is 1. The monoisotopic (exact) mass is 345 g/mol. The first-order valence-electron chi connectivity index (χ1n) is 9.54. The van der Waals surface area contributed by atoms with Crippen LogP contribution < -0.4 is 5.32 Å². The van der Waals surface area contributed by atoms with Crippen molar-refractivity contribution in [2.45, 2.75) is 45.3 Å². The van der Waals surface area contributed by atoms with Crippen LogP contribution in [0, 0.1) is 5.41 Å². The number of nitrogens with one attached hydrogen (secondary N) is 1. The van der Waals surface area contributed by atoms with Gasteiger partial charge < -0.3 is 20.1 Å². The fraction of sp³-hybridized carbons (Fsp3) is 0.650. The summed E-state index contributed by atoms with van der Waals surface area (Å²) < 4.78 is 5.61. The first kappa shape index (κ1) is 18.2. The molecule has 2 N–H and O–H groups in total. The average molecular weight is 345 g/mol. The van der Waals surface area contributed by atoms with Gasteiger partial charge in [-0.3, -0.25) is 4.99 Å². The number of guanidine groups is 1. The Labute approximate surface area is 151 Å². The van der Waals surface area contributed by atoms with Gasteiger partial charge in [0.15, 0.2) is 5.96 Å². The number of hydrogen-bond acceptors (Lipinski definition) is 3. The van der Waals surface area contributed by atoms with Crippen LogP contribution in [0.5, 0.6) is 0 Å². The van der Waals surface area contributed by atoms with Crippen LogP contribution in [-0.4, -0.2) is 54.9 Å². The topological polar surface area (TPSA) is 57.1 Å². The summed E-state index contributed by atoms with van der Waals surface area (Å²) in [5, 5.41) is 13.5. The van der Waals surface area contributed by atoms with E-state index in [-0.39, 0.29) is 0 Å². The van der Waals surface area contributed by atoms with Gasteiger partial charge in [0.05, 0.1) is 25.9 Å². The number of aliphatic hydroxyl groups excluding tert-OH is 1. The Bertz CT molecular complexity index is 557. The van der Waals surface area contributed by atoms with E-state index in [2.05, 4.69) is 22.1 Å². The Morgan fingerprint density at radius 1 is 1.32 bits per heavy atom. The highest BCUT2D eigenvalue weighted by atomic mass is 16.5. The first-order valence-corrected chi connectivity index (χ1v) is 9.54. The van der Waals surface area contributed by atoms with Crippen LogP contribution in [0.3, 0.4) is 0 Å². The van der Waals surface area contributed by atoms with Gasteiger partial charge in [-0.15, -0.1) is 0 Å². The van der Waals surface area contributed by atoms with Crippen molar-refractivity contribution in [3.8, 4) is 0 Å². The standard InChI is InChI=1S/C20H31N3O2/c1-2-21-19(23-12-11-20(16-23)9-6-10-20)22-13-18(24)15-25-14-17-7-4-3-5-8-17/h3-5,7-8,18,24H,2,6,9-16H2,1H3,(H,21,22). The van der Waals surface area contributed by atoms with E-state index < -0.39 is 6.10 Å². The SMILES string of the molecule is CCNC(=NCC(O)COCc1ccccc1)N1CCC2(CCC2)C1. The van der Waals surface area contributed by atoms with Gasteiger partial charge in [0.25, 0.3) is 0 Å². The Morgan fingerprint density at radius 3 is 2.76 bits per heavy atom. The number of ether oxygens (including phenoxy) is 1. The molecule has 5 nitrogen and oxygen atoms in total. The fourth-order valence-electron chi connectivity index (χ4n) is 3.76. The van der Waals surface area contributed by atoms with Crippen molar-refractivity contribution in [2.75, 3.05) is 32.8 Å². The number of hydrogen-bond donors (Lipinski definition) is 2. The Hall–Kier alpha value is -1.59. The van der Waals surface area contributed by atoms with Gasteiger partial charge >= 0.3 is 0 Å². The summed E-state index contributed by atoms with van der Waals surface area (Å²) in [6.45, 7) is 6.33. The number of aliphatic imine (C=N–C) groups is 1. The van der Waals surface area contributed by atoms with E-state index in [1.165, 1.54) is 25.7 Å². The van der Waals surface area contributed by atoms with Gasteiger partial charge in [0.1, 0.15) is 0 Å². The van der Waals surface area contributed by atoms with E-state index in [4.69, 9.17) is 4.74 Å². The van der Waals surface area contributed by atoms with Crippen LogP contribution >= 0.6 is 0 Å². The first-order chi connectivity index (χ1) is 12.2. The zero-order valence-corrected chi connectivity index (χ0v) is 15.3. The number of benzene rings is 1. The summed E-state index contributed by atoms with van der Waals surface area (Å²) in [5.74, 6) is 0.938. The van der Waals surface area contributed by atoms with Crippen LogP contribution in [0.15, 0.2) is 35.3 Å². The summed E-state index contributed by atoms with van der Waals surface area (Å²) in [4.78, 5) is 7.01. The molecule has 138 valence electrons. The third kappa shape index (κ3) is 4.95. The van der Waals surface area contributed by atoms with Crippen LogP contribution in [0.4, 0.5) is 0 Å². The smallest absolute Gasteiger partial charge is 0.194 e. The Balaban J connectivity index is 1.44. The maximum Gasteiger partial charge on any atom is 0.194 e. The minimum absolute atomic E-state index is 0.307. The van der Waals surface area contributed by atoms with Gasteiger partial charge in [-0.05, 0) is 37.2 Å². The predicted molar refractivity (Wildman–Crippen MR) is 101 cm³/mol. The van der Waals surface area contributed by atoms with E-state index in [1.54, 1.807) is 0 Å². The third-order valence-electron chi connectivity index (χ3n) is 5.36. The van der Waals surface area contributed by atoms with Crippen molar-refractivity contribution in [2.24, 2.45) is 10.4 Å². The molecule has 1 spiro atoms. The van der Waals surface area contributed by atoms with Crippen molar-refractivity contribution in [1.29, 1.82) is 0 Å². The minimum Gasteiger partial charge on any atom is -0.389 e. The second-order valence-electron chi connectivity index (χ2n) is 7.37. The number of rotatable bonds is 7. The van der Waals surface area contributed by atoms with E-state index in [0.29, 0.717) is 25.2 Å². The van der Waals surface area contributed by atoms with Crippen LogP contribution in [0.2, 0.25) is 0 Å². The second-order valence-corrected chi connectivity index (χ2v) is 7.37. The summed E-state index contributed by atoms with van der Waals surface area (Å²) in [7, 11) is 0. The molecule has 3 rings (SSSR count). The lowest BCUT2D eigenvalue weighted by Crippen LogP contribution is -2.43. The maximum absolute atomic E-state index is 10.2. The molecular formula is C20H31N3O2. The lowest BCUT2D eigenvalue weighted by Gasteiger charge is -2.38. The Morgan fingerprint density at radius 2 is 2.12 bits per heavy atom. The highest BCUT2D eigenvalue weighted by Crippen LogP contribution is 2.47. The molecule has 1 aliphatic carbocycles. The van der Waals surface area contributed by atoms with Crippen molar-refractivity contribution in [3.05, 3.63) is 35.9 Å². The Kier molecular flexibility index (Phi) is 6.32. The molecule has 1 aromatic rings. The zero-order chi connectivity index (χ0) is 17.5. The van der Waals surface area contributed by atoms with Gasteiger partial charge in [-0.2, -0.15) is 0 Å². The molecule has 1 unspecified atom stereocenters. The van der Waals surface area contributed by atoms with Crippen molar-refractivity contribution in [1.82, 2.24) is 10.2 Å². The molecule has 0 aromatic heterocycles. The van der Waals surface area contributed by atoms with Crippen LogP contribution in [-0.2, 0) is 11.3 Å². The van der Waals surface area contributed by atoms with Gasteiger partial charge in [0.2, 0.25) is 0 Å². The molecule has 1 saturated heterocycles. The highest BCUT2D eigenvalue weighted by molar-refractivity contribution is 5.80. The fourth-order valence-corrected chi connectivity index (χ4v) is 3.76. The summed E-state index contributed by atoms with van der Waals surface area (Å²) >= 11 is 0. The quantitative estimate of drug-likeness (QED) is 0.589. The molecule has 1 heterocycles. The second kappa shape index (κ2) is 8.68. The molecule has 25 heavy (non-hydrogen) atoms. The van der Waals surface area contributed by atoms with Gasteiger partial charge in [-0.25, -0.2) is 0 Å². The van der Waals surface area contributed by atoms with E-state index in [0.717, 1.165) is 31.2 Å². The molecule has 1 aromatic carbocycles. The molecule has 5 heteroatoms. The number of nitrogens with zero attached hydrogens (tertiary/aromatic N) is 2. The molecule has 2 fully saturated rings. The molecule has 0 amide bonds. The van der Waals surface area contributed by atoms with E-state index in [9.17, 15) is 5.11 Å². The molecule has 0 radical (unpaired) electrons. The van der Waals surface area contributed by atoms with Crippen molar-refractivity contribution < 1.29 is 9.84 Å². The number of likely N-dealkylation sites (tertiary alicyclic amines) is 1. The maximum atomic E-state index is 10.2. The predicted octanol–water partition coefficient (Wildman–Crippen LogP) is 2.41. The summed E-state index contributed by atoms with van der Waals surface area (Å²) in [6, 6.07) is 10.0. The molecular weight excluding hydrogens is 314 g/mol.